The number of nitrogens with one attached hydrogen (secondary N) is 1. The van der Waals surface area contributed by atoms with Crippen LogP contribution in [0.3, 0.4) is 0 Å². The van der Waals surface area contributed by atoms with Crippen molar-refractivity contribution in [3.05, 3.63) is 35.9 Å². The lowest BCUT2D eigenvalue weighted by Gasteiger charge is -2.43. The number of carbonyl (C=O) groups is 2. The highest BCUT2D eigenvalue weighted by Gasteiger charge is 2.46. The number of halogens is 1. The molecule has 0 spiro atoms. The van der Waals surface area contributed by atoms with Crippen molar-refractivity contribution in [2.75, 3.05) is 26.2 Å². The highest BCUT2D eigenvalue weighted by atomic mass is 19.1. The molecular formula is C27H40BFN4O5. The number of amides is 2. The Labute approximate surface area is 225 Å². The molecule has 2 saturated heterocycles. The van der Waals surface area contributed by atoms with Gasteiger partial charge in [0.25, 0.3) is 0 Å². The third kappa shape index (κ3) is 7.68. The number of nitrogens with zero attached hydrogens (tertiary/aromatic N) is 3. The van der Waals surface area contributed by atoms with Gasteiger partial charge in [0.2, 0.25) is 5.91 Å². The zero-order valence-electron chi connectivity index (χ0n) is 22.6. The topological polar surface area (TPSA) is 126 Å². The standard InChI is InChI=1S/C27H40BFN4O5/c1-26(2,32-14-12-21(29)16-32)18-27(3,19-30)24(34)33-13-8-7-11-22(33)17-38-25(35)31-23(28(36)37)15-20-9-5-4-6-10-20/h4-6,9-10,21-23,36-37H,7-8,11-18H2,1-3H3,(H,31,35)/t21-,22+,23-,27?/m0/s1. The average Bonchev–Trinajstić information content (AvgIpc) is 3.34. The van der Waals surface area contributed by atoms with Crippen LogP contribution in [0.2, 0.25) is 0 Å². The smallest absolute Gasteiger partial charge is 0.447 e. The van der Waals surface area contributed by atoms with E-state index in [9.17, 15) is 29.3 Å². The molecule has 11 heteroatoms. The van der Waals surface area contributed by atoms with E-state index in [1.165, 1.54) is 0 Å². The van der Waals surface area contributed by atoms with E-state index in [1.54, 1.807) is 11.8 Å². The highest BCUT2D eigenvalue weighted by molar-refractivity contribution is 6.43. The van der Waals surface area contributed by atoms with E-state index in [0.29, 0.717) is 32.5 Å². The number of alkyl halides is 1. The van der Waals surface area contributed by atoms with Crippen molar-refractivity contribution in [2.24, 2.45) is 5.41 Å². The summed E-state index contributed by atoms with van der Waals surface area (Å²) in [6, 6.07) is 11.0. The summed E-state index contributed by atoms with van der Waals surface area (Å²) in [5.41, 5.74) is -1.04. The molecule has 38 heavy (non-hydrogen) atoms. The highest BCUT2D eigenvalue weighted by Crippen LogP contribution is 2.37. The van der Waals surface area contributed by atoms with E-state index in [4.69, 9.17) is 4.74 Å². The molecular weight excluding hydrogens is 490 g/mol. The van der Waals surface area contributed by atoms with Gasteiger partial charge in [0.05, 0.1) is 18.1 Å². The average molecular weight is 530 g/mol. The second-order valence-corrected chi connectivity index (χ2v) is 11.4. The van der Waals surface area contributed by atoms with Crippen molar-refractivity contribution in [2.45, 2.75) is 83.0 Å². The fourth-order valence-corrected chi connectivity index (χ4v) is 5.63. The van der Waals surface area contributed by atoms with Crippen LogP contribution in [0.4, 0.5) is 9.18 Å². The third-order valence-electron chi connectivity index (χ3n) is 7.75. The van der Waals surface area contributed by atoms with Crippen LogP contribution in [0.5, 0.6) is 0 Å². The number of hydrogen-bond donors (Lipinski definition) is 3. The van der Waals surface area contributed by atoms with Gasteiger partial charge in [-0.15, -0.1) is 0 Å². The van der Waals surface area contributed by atoms with Crippen LogP contribution in [-0.4, -0.2) is 88.9 Å². The third-order valence-corrected chi connectivity index (χ3v) is 7.75. The predicted molar refractivity (Wildman–Crippen MR) is 141 cm³/mol. The van der Waals surface area contributed by atoms with Crippen molar-refractivity contribution in [1.29, 1.82) is 5.26 Å². The largest absolute Gasteiger partial charge is 0.475 e. The number of benzene rings is 1. The molecule has 208 valence electrons. The summed E-state index contributed by atoms with van der Waals surface area (Å²) in [7, 11) is -1.78. The summed E-state index contributed by atoms with van der Waals surface area (Å²) in [4.78, 5) is 29.9. The second kappa shape index (κ2) is 12.9. The molecule has 2 aliphatic heterocycles. The lowest BCUT2D eigenvalue weighted by Crippen LogP contribution is -2.55. The molecule has 0 radical (unpaired) electrons. The number of ether oxygens (including phenoxy) is 1. The van der Waals surface area contributed by atoms with E-state index < -0.39 is 42.3 Å². The number of hydrogen-bond acceptors (Lipinski definition) is 7. The van der Waals surface area contributed by atoms with Crippen LogP contribution in [0, 0.1) is 16.7 Å². The summed E-state index contributed by atoms with van der Waals surface area (Å²) < 4.78 is 19.3. The SMILES string of the molecule is CC(C#N)(CC(C)(C)N1CC[C@H](F)C1)C(=O)N1CCCC[C@@H]1COC(=O)N[C@@H](Cc1ccccc1)B(O)O. The number of piperidine rings is 1. The van der Waals surface area contributed by atoms with Crippen molar-refractivity contribution in [3.8, 4) is 6.07 Å². The number of rotatable bonds is 10. The molecule has 0 saturated carbocycles. The molecule has 9 nitrogen and oxygen atoms in total. The molecule has 3 N–H and O–H groups in total. The fraction of sp³-hybridized carbons (Fsp3) is 0.667. The molecule has 2 aliphatic rings. The first-order chi connectivity index (χ1) is 17.9. The van der Waals surface area contributed by atoms with Crippen molar-refractivity contribution >= 4 is 19.1 Å². The Morgan fingerprint density at radius 2 is 1.92 bits per heavy atom. The Balaban J connectivity index is 1.62. The Bertz CT molecular complexity index is 991. The molecule has 1 aromatic rings. The van der Waals surface area contributed by atoms with Gasteiger partial charge in [0.15, 0.2) is 0 Å². The summed E-state index contributed by atoms with van der Waals surface area (Å²) in [6.07, 6.45) is 1.46. The first-order valence-electron chi connectivity index (χ1n) is 13.4. The van der Waals surface area contributed by atoms with Crippen LogP contribution >= 0.6 is 0 Å². The summed E-state index contributed by atoms with van der Waals surface area (Å²) in [5, 5.41) is 32.1. The molecule has 2 amide bonds. The zero-order chi connectivity index (χ0) is 27.9. The zero-order valence-corrected chi connectivity index (χ0v) is 22.6. The first kappa shape index (κ1) is 29.9. The van der Waals surface area contributed by atoms with Crippen molar-refractivity contribution in [1.82, 2.24) is 15.1 Å². The van der Waals surface area contributed by atoms with E-state index in [-0.39, 0.29) is 25.4 Å². The molecule has 0 aromatic heterocycles. The molecule has 1 unspecified atom stereocenters. The molecule has 1 aromatic carbocycles. The van der Waals surface area contributed by atoms with Gasteiger partial charge >= 0.3 is 13.2 Å². The fourth-order valence-electron chi connectivity index (χ4n) is 5.63. The van der Waals surface area contributed by atoms with Crippen LogP contribution in [-0.2, 0) is 16.0 Å². The lowest BCUT2D eigenvalue weighted by molar-refractivity contribution is -0.145. The van der Waals surface area contributed by atoms with Gasteiger partial charge in [-0.3, -0.25) is 9.69 Å². The molecule has 2 fully saturated rings. The monoisotopic (exact) mass is 530 g/mol. The molecule has 3 rings (SSSR count). The van der Waals surface area contributed by atoms with Gasteiger partial charge < -0.3 is 25.0 Å². The van der Waals surface area contributed by atoms with Gasteiger partial charge in [-0.2, -0.15) is 5.26 Å². The van der Waals surface area contributed by atoms with Gasteiger partial charge in [-0.25, -0.2) is 9.18 Å². The summed E-state index contributed by atoms with van der Waals surface area (Å²) in [6.45, 7) is 6.79. The molecule has 2 heterocycles. The van der Waals surface area contributed by atoms with Crippen molar-refractivity contribution in [3.63, 3.8) is 0 Å². The maximum atomic E-state index is 13.8. The van der Waals surface area contributed by atoms with Gasteiger partial charge in [0, 0.05) is 25.2 Å². The Morgan fingerprint density at radius 1 is 1.21 bits per heavy atom. The van der Waals surface area contributed by atoms with Crippen LogP contribution in [0.1, 0.15) is 58.4 Å². The van der Waals surface area contributed by atoms with Crippen LogP contribution < -0.4 is 5.32 Å². The second-order valence-electron chi connectivity index (χ2n) is 11.4. The number of likely N-dealkylation sites (tertiary alicyclic amines) is 2. The minimum Gasteiger partial charge on any atom is -0.447 e. The number of carbonyl (C=O) groups excluding carboxylic acids is 2. The maximum Gasteiger partial charge on any atom is 0.475 e. The van der Waals surface area contributed by atoms with Gasteiger partial charge in [0.1, 0.15) is 18.2 Å². The van der Waals surface area contributed by atoms with E-state index >= 15 is 0 Å². The maximum absolute atomic E-state index is 13.8. The Morgan fingerprint density at radius 3 is 2.53 bits per heavy atom. The summed E-state index contributed by atoms with van der Waals surface area (Å²) in [5.74, 6) is -1.28. The Hall–Kier alpha value is -2.68. The lowest BCUT2D eigenvalue weighted by atomic mass is 9.76. The summed E-state index contributed by atoms with van der Waals surface area (Å²) >= 11 is 0. The van der Waals surface area contributed by atoms with Gasteiger partial charge in [-0.1, -0.05) is 30.3 Å². The minimum absolute atomic E-state index is 0.0717. The molecule has 0 bridgehead atoms. The normalized spacial score (nSPS) is 22.7. The first-order valence-corrected chi connectivity index (χ1v) is 13.4. The van der Waals surface area contributed by atoms with Crippen LogP contribution in [0.15, 0.2) is 30.3 Å². The van der Waals surface area contributed by atoms with Crippen molar-refractivity contribution < 1.29 is 28.8 Å². The number of alkyl carbamates (subject to hydrolysis) is 1. The van der Waals surface area contributed by atoms with Crippen LogP contribution in [0.25, 0.3) is 0 Å². The molecule has 4 atom stereocenters. The van der Waals surface area contributed by atoms with Gasteiger partial charge in [-0.05, 0) is 64.9 Å². The Kier molecular flexibility index (Phi) is 10.2. The molecule has 0 aliphatic carbocycles. The minimum atomic E-state index is -1.78. The van der Waals surface area contributed by atoms with E-state index in [0.717, 1.165) is 18.4 Å². The predicted octanol–water partition coefficient (Wildman–Crippen LogP) is 2.46. The van der Waals surface area contributed by atoms with E-state index in [1.807, 2.05) is 49.1 Å². The quantitative estimate of drug-likeness (QED) is 0.397. The number of nitriles is 1. The van der Waals surface area contributed by atoms with E-state index in [2.05, 4.69) is 11.4 Å².